The third-order valence-corrected chi connectivity index (χ3v) is 5.06. The van der Waals surface area contributed by atoms with Gasteiger partial charge in [0.2, 0.25) is 0 Å². The monoisotopic (exact) mass is 529 g/mol. The molecule has 29 heavy (non-hydrogen) atoms. The van der Waals surface area contributed by atoms with Gasteiger partial charge in [0.05, 0.1) is 12.3 Å². The molecule has 2 N–H and O–H groups in total. The Morgan fingerprint density at radius 3 is 2.07 bits per heavy atom. The van der Waals surface area contributed by atoms with Crippen LogP contribution in [-0.4, -0.2) is 33.7 Å². The number of rotatable bonds is 8. The lowest BCUT2D eigenvalue weighted by Crippen LogP contribution is -2.38. The summed E-state index contributed by atoms with van der Waals surface area (Å²) in [6, 6.07) is 14.2. The van der Waals surface area contributed by atoms with Crippen LogP contribution in [0.15, 0.2) is 47.5 Å². The lowest BCUT2D eigenvalue weighted by molar-refractivity contribution is 0.601. The first kappa shape index (κ1) is 25.4. The van der Waals surface area contributed by atoms with Crippen molar-refractivity contribution in [1.29, 1.82) is 0 Å². The Balaban J connectivity index is 0.00000420. The molecule has 5 nitrogen and oxygen atoms in total. The molecule has 0 fully saturated rings. The number of sulfone groups is 1. The fraction of sp³-hybridized carbons (Fsp3) is 0.409. The highest BCUT2D eigenvalue weighted by Gasteiger charge is 2.04. The van der Waals surface area contributed by atoms with Crippen molar-refractivity contribution in [2.24, 2.45) is 4.99 Å². The first-order valence-corrected chi connectivity index (χ1v) is 11.7. The van der Waals surface area contributed by atoms with E-state index in [4.69, 9.17) is 0 Å². The molecule has 0 aliphatic carbocycles. The van der Waals surface area contributed by atoms with Crippen molar-refractivity contribution in [3.05, 3.63) is 70.3 Å². The number of hydrogen-bond donors (Lipinski definition) is 2. The first-order valence-electron chi connectivity index (χ1n) is 9.60. The zero-order valence-corrected chi connectivity index (χ0v) is 20.8. The molecule has 2 rings (SSSR count). The van der Waals surface area contributed by atoms with Gasteiger partial charge in [-0.1, -0.05) is 53.6 Å². The summed E-state index contributed by atoms with van der Waals surface area (Å²) in [5, 5.41) is 6.64. The molecule has 7 heteroatoms. The van der Waals surface area contributed by atoms with Crippen molar-refractivity contribution >= 4 is 39.8 Å². The topological polar surface area (TPSA) is 70.6 Å². The molecule has 0 saturated carbocycles. The fourth-order valence-corrected chi connectivity index (χ4v) is 3.89. The molecule has 0 spiro atoms. The van der Waals surface area contributed by atoms with E-state index in [0.29, 0.717) is 6.54 Å². The number of hydrogen-bond acceptors (Lipinski definition) is 3. The van der Waals surface area contributed by atoms with Gasteiger partial charge in [0.25, 0.3) is 0 Å². The van der Waals surface area contributed by atoms with Gasteiger partial charge in [-0.2, -0.15) is 0 Å². The van der Waals surface area contributed by atoms with E-state index >= 15 is 0 Å². The quantitative estimate of drug-likeness (QED) is 0.311. The molecule has 0 aliphatic rings. The summed E-state index contributed by atoms with van der Waals surface area (Å²) in [6.07, 6.45) is 2.19. The number of aryl methyl sites for hydroxylation is 2. The second kappa shape index (κ2) is 12.2. The molecule has 2 aromatic rings. The Hall–Kier alpha value is -1.61. The third-order valence-electron chi connectivity index (χ3n) is 4.20. The highest BCUT2D eigenvalue weighted by Crippen LogP contribution is 2.10. The van der Waals surface area contributed by atoms with Crippen LogP contribution >= 0.6 is 24.0 Å². The van der Waals surface area contributed by atoms with Gasteiger partial charge >= 0.3 is 0 Å². The van der Waals surface area contributed by atoms with Gasteiger partial charge in [-0.3, -0.25) is 0 Å². The summed E-state index contributed by atoms with van der Waals surface area (Å²) in [7, 11) is -3.01. The van der Waals surface area contributed by atoms with Crippen LogP contribution in [0.2, 0.25) is 0 Å². The lowest BCUT2D eigenvalue weighted by Gasteiger charge is -2.12. The van der Waals surface area contributed by atoms with E-state index in [1.165, 1.54) is 22.9 Å². The van der Waals surface area contributed by atoms with E-state index < -0.39 is 9.84 Å². The molecule has 2 aromatic carbocycles. The van der Waals surface area contributed by atoms with Crippen LogP contribution in [0.4, 0.5) is 0 Å². The Morgan fingerprint density at radius 2 is 1.52 bits per heavy atom. The highest BCUT2D eigenvalue weighted by molar-refractivity contribution is 14.0. The smallest absolute Gasteiger partial charge is 0.191 e. The van der Waals surface area contributed by atoms with Gasteiger partial charge < -0.3 is 10.6 Å². The first-order chi connectivity index (χ1) is 13.2. The Labute approximate surface area is 192 Å². The van der Waals surface area contributed by atoms with E-state index in [9.17, 15) is 8.42 Å². The standard InChI is InChI=1S/C22H31N3O2S.HI/c1-5-23-22(24-11-10-21-13-17(2)12-18(3)14-21)25-15-19-6-8-20(9-7-19)16-28(4,26)27;/h6-9,12-14H,5,10-11,15-16H2,1-4H3,(H2,23,24,25);1H. The Bertz CT molecular complexity index is 890. The van der Waals surface area contributed by atoms with E-state index in [1.54, 1.807) is 0 Å². The second-order valence-electron chi connectivity index (χ2n) is 7.25. The number of nitrogens with zero attached hydrogens (tertiary/aromatic N) is 1. The molecule has 0 saturated heterocycles. The molecule has 0 amide bonds. The van der Waals surface area contributed by atoms with E-state index in [-0.39, 0.29) is 29.7 Å². The van der Waals surface area contributed by atoms with E-state index in [1.807, 2.05) is 31.2 Å². The summed E-state index contributed by atoms with van der Waals surface area (Å²) < 4.78 is 22.7. The summed E-state index contributed by atoms with van der Waals surface area (Å²) >= 11 is 0. The van der Waals surface area contributed by atoms with Crippen molar-refractivity contribution in [3.63, 3.8) is 0 Å². The van der Waals surface area contributed by atoms with Crippen LogP contribution in [0.3, 0.4) is 0 Å². The van der Waals surface area contributed by atoms with Crippen LogP contribution in [0.25, 0.3) is 0 Å². The van der Waals surface area contributed by atoms with Crippen LogP contribution in [0, 0.1) is 13.8 Å². The summed E-state index contributed by atoms with van der Waals surface area (Å²) in [5.41, 5.74) is 5.74. The predicted octanol–water partition coefficient (Wildman–Crippen LogP) is 3.76. The van der Waals surface area contributed by atoms with Gasteiger partial charge in [0.15, 0.2) is 15.8 Å². The average Bonchev–Trinajstić information content (AvgIpc) is 2.59. The molecule has 0 unspecified atom stereocenters. The zero-order chi connectivity index (χ0) is 20.6. The summed E-state index contributed by atoms with van der Waals surface area (Å²) in [4.78, 5) is 4.63. The fourth-order valence-electron chi connectivity index (χ4n) is 3.09. The molecule has 0 heterocycles. The van der Waals surface area contributed by atoms with Gasteiger partial charge in [0, 0.05) is 19.3 Å². The normalized spacial score (nSPS) is 11.7. The summed E-state index contributed by atoms with van der Waals surface area (Å²) in [5.74, 6) is 0.853. The molecule has 160 valence electrons. The van der Waals surface area contributed by atoms with E-state index in [0.717, 1.165) is 36.6 Å². The largest absolute Gasteiger partial charge is 0.357 e. The molecule has 0 aromatic heterocycles. The number of halogens is 1. The van der Waals surface area contributed by atoms with Crippen LogP contribution in [0.5, 0.6) is 0 Å². The van der Waals surface area contributed by atoms with Crippen molar-refractivity contribution in [2.75, 3.05) is 19.3 Å². The molecule has 0 bridgehead atoms. The van der Waals surface area contributed by atoms with Gasteiger partial charge in [0.1, 0.15) is 0 Å². The molecular weight excluding hydrogens is 497 g/mol. The Kier molecular flexibility index (Phi) is 10.7. The maximum Gasteiger partial charge on any atom is 0.191 e. The Morgan fingerprint density at radius 1 is 0.931 bits per heavy atom. The molecule has 0 radical (unpaired) electrons. The number of benzene rings is 2. The minimum absolute atomic E-state index is 0. The summed E-state index contributed by atoms with van der Waals surface area (Å²) in [6.45, 7) is 8.43. The number of aliphatic imine (C=N–C) groups is 1. The molecular formula is C22H32IN3O2S. The predicted molar refractivity (Wildman–Crippen MR) is 133 cm³/mol. The lowest BCUT2D eigenvalue weighted by atomic mass is 10.1. The molecule has 0 atom stereocenters. The van der Waals surface area contributed by atoms with Crippen molar-refractivity contribution in [2.45, 2.75) is 39.5 Å². The minimum Gasteiger partial charge on any atom is -0.357 e. The van der Waals surface area contributed by atoms with Crippen LogP contribution < -0.4 is 10.6 Å². The van der Waals surface area contributed by atoms with Crippen LogP contribution in [0.1, 0.15) is 34.7 Å². The van der Waals surface area contributed by atoms with Gasteiger partial charge in [-0.05, 0) is 43.9 Å². The molecule has 0 aliphatic heterocycles. The van der Waals surface area contributed by atoms with Gasteiger partial charge in [-0.25, -0.2) is 13.4 Å². The van der Waals surface area contributed by atoms with Crippen molar-refractivity contribution in [1.82, 2.24) is 10.6 Å². The maximum absolute atomic E-state index is 11.4. The maximum atomic E-state index is 11.4. The zero-order valence-electron chi connectivity index (χ0n) is 17.7. The number of guanidine groups is 1. The van der Waals surface area contributed by atoms with Crippen LogP contribution in [-0.2, 0) is 28.6 Å². The highest BCUT2D eigenvalue weighted by atomic mass is 127. The van der Waals surface area contributed by atoms with E-state index in [2.05, 4.69) is 47.7 Å². The van der Waals surface area contributed by atoms with Crippen molar-refractivity contribution < 1.29 is 8.42 Å². The second-order valence-corrected chi connectivity index (χ2v) is 9.39. The third kappa shape index (κ3) is 10.1. The van der Waals surface area contributed by atoms with Crippen molar-refractivity contribution in [3.8, 4) is 0 Å². The average molecular weight is 529 g/mol. The minimum atomic E-state index is -3.01. The van der Waals surface area contributed by atoms with Gasteiger partial charge in [-0.15, -0.1) is 24.0 Å². The number of nitrogens with one attached hydrogen (secondary N) is 2. The SMILES string of the molecule is CCNC(=NCc1ccc(CS(C)(=O)=O)cc1)NCCc1cc(C)cc(C)c1.I.